The molecule has 0 radical (unpaired) electrons. The van der Waals surface area contributed by atoms with Gasteiger partial charge in [0, 0.05) is 0 Å². The van der Waals surface area contributed by atoms with Gasteiger partial charge in [-0.15, -0.1) is 0 Å². The van der Waals surface area contributed by atoms with Crippen LogP contribution in [0.2, 0.25) is 0 Å². The zero-order chi connectivity index (χ0) is 12.1. The second-order valence-electron chi connectivity index (χ2n) is 2.89. The van der Waals surface area contributed by atoms with E-state index in [4.69, 9.17) is 11.6 Å². The van der Waals surface area contributed by atoms with Crippen molar-refractivity contribution >= 4 is 11.6 Å². The number of ether oxygens (including phenoxy) is 2. The maximum Gasteiger partial charge on any atom is 0.434 e. The molecule has 1 heterocycles. The molecule has 0 aromatic carbocycles. The van der Waals surface area contributed by atoms with E-state index in [0.717, 1.165) is 6.92 Å². The molecule has 1 rings (SSSR count). The predicted molar refractivity (Wildman–Crippen MR) is 36.1 cm³/mol. The van der Waals surface area contributed by atoms with Crippen molar-refractivity contribution < 1.29 is 35.8 Å². The first-order chi connectivity index (χ1) is 6.48. The van der Waals surface area contributed by atoms with Gasteiger partial charge in [-0.25, -0.2) is 0 Å². The van der Waals surface area contributed by atoms with Gasteiger partial charge in [0.15, 0.2) is 6.29 Å². The summed E-state index contributed by atoms with van der Waals surface area (Å²) in [6.07, 6.45) is -15.5. The van der Waals surface area contributed by atoms with E-state index in [2.05, 4.69) is 9.47 Å². The Hall–Kier alpha value is -0.210. The first-order valence-electron chi connectivity index (χ1n) is 3.64. The highest BCUT2D eigenvalue weighted by atomic mass is 35.5. The summed E-state index contributed by atoms with van der Waals surface area (Å²) in [5.41, 5.74) is 0. The molecular weight excluding hydrogens is 254 g/mol. The minimum atomic E-state index is -5.38. The fraction of sp³-hybridized carbons (Fsp3) is 1.00. The molecule has 1 aliphatic rings. The fourth-order valence-electron chi connectivity index (χ4n) is 1.11. The lowest BCUT2D eigenvalue weighted by Gasteiger charge is -2.29. The quantitative estimate of drug-likeness (QED) is 0.491. The van der Waals surface area contributed by atoms with Gasteiger partial charge in [0.25, 0.3) is 5.06 Å². The molecule has 1 fully saturated rings. The van der Waals surface area contributed by atoms with Crippen molar-refractivity contribution in [1.82, 2.24) is 0 Å². The maximum absolute atomic E-state index is 12.3. The Morgan fingerprint density at radius 2 is 1.60 bits per heavy atom. The van der Waals surface area contributed by atoms with Crippen LogP contribution in [0.15, 0.2) is 0 Å². The van der Waals surface area contributed by atoms with Gasteiger partial charge in [-0.2, -0.15) is 26.3 Å². The lowest BCUT2D eigenvalue weighted by atomic mass is 10.2. The summed E-state index contributed by atoms with van der Waals surface area (Å²) in [6.45, 7) is 0.897. The van der Waals surface area contributed by atoms with Gasteiger partial charge in [0.1, 0.15) is 0 Å². The van der Waals surface area contributed by atoms with Crippen LogP contribution in [0.4, 0.5) is 26.3 Å². The molecule has 0 amide bonds. The zero-order valence-corrected chi connectivity index (χ0v) is 7.87. The van der Waals surface area contributed by atoms with E-state index >= 15 is 0 Å². The molecule has 1 saturated heterocycles. The Bertz CT molecular complexity index is 251. The SMILES string of the molecule is CC1OC(C(F)(F)F)C(Cl)(C(F)(F)F)O1. The Balaban J connectivity index is 3.06. The van der Waals surface area contributed by atoms with E-state index in [0.29, 0.717) is 0 Å². The summed E-state index contributed by atoms with van der Waals surface area (Å²) in [5, 5.41) is -3.87. The third-order valence-corrected chi connectivity index (χ3v) is 2.19. The Labute approximate surface area is 85.1 Å². The molecule has 15 heavy (non-hydrogen) atoms. The normalized spacial score (nSPS) is 38.4. The van der Waals surface area contributed by atoms with Gasteiger partial charge in [0.05, 0.1) is 0 Å². The average molecular weight is 259 g/mol. The predicted octanol–water partition coefficient (Wildman–Crippen LogP) is 2.81. The molecule has 0 saturated carbocycles. The molecular formula is C6H5ClF6O2. The van der Waals surface area contributed by atoms with Gasteiger partial charge in [0.2, 0.25) is 6.10 Å². The van der Waals surface area contributed by atoms with Crippen molar-refractivity contribution in [3.63, 3.8) is 0 Å². The van der Waals surface area contributed by atoms with E-state index in [1.807, 2.05) is 0 Å². The third-order valence-electron chi connectivity index (χ3n) is 1.69. The summed E-state index contributed by atoms with van der Waals surface area (Å²) in [4.78, 5) is 0. The summed E-state index contributed by atoms with van der Waals surface area (Å²) in [5.74, 6) is 0. The Morgan fingerprint density at radius 1 is 1.13 bits per heavy atom. The highest BCUT2D eigenvalue weighted by Crippen LogP contribution is 2.50. The molecule has 9 heteroatoms. The highest BCUT2D eigenvalue weighted by Gasteiger charge is 2.72. The third kappa shape index (κ3) is 2.16. The minimum Gasteiger partial charge on any atom is -0.335 e. The fourth-order valence-corrected chi connectivity index (χ4v) is 1.41. The van der Waals surface area contributed by atoms with Gasteiger partial charge in [-0.3, -0.25) is 0 Å². The van der Waals surface area contributed by atoms with Gasteiger partial charge in [-0.05, 0) is 6.92 Å². The molecule has 1 aliphatic heterocycles. The van der Waals surface area contributed by atoms with Crippen LogP contribution >= 0.6 is 11.6 Å². The topological polar surface area (TPSA) is 18.5 Å². The summed E-state index contributed by atoms with van der Waals surface area (Å²) in [6, 6.07) is 0. The molecule has 0 aromatic rings. The van der Waals surface area contributed by atoms with Crippen LogP contribution in [0.25, 0.3) is 0 Å². The van der Waals surface area contributed by atoms with Crippen LogP contribution in [0, 0.1) is 0 Å². The molecule has 2 nitrogen and oxygen atoms in total. The highest BCUT2D eigenvalue weighted by molar-refractivity contribution is 6.24. The van der Waals surface area contributed by atoms with Crippen LogP contribution in [-0.4, -0.2) is 29.8 Å². The number of alkyl halides is 7. The molecule has 0 N–H and O–H groups in total. The van der Waals surface area contributed by atoms with E-state index in [1.54, 1.807) is 0 Å². The Kier molecular flexibility index (Phi) is 2.91. The average Bonchev–Trinajstić information content (AvgIpc) is 2.24. The van der Waals surface area contributed by atoms with Crippen LogP contribution in [-0.2, 0) is 9.47 Å². The summed E-state index contributed by atoms with van der Waals surface area (Å²) in [7, 11) is 0. The molecule has 0 aliphatic carbocycles. The maximum atomic E-state index is 12.3. The molecule has 0 aromatic heterocycles. The summed E-state index contributed by atoms with van der Waals surface area (Å²) < 4.78 is 81.2. The molecule has 90 valence electrons. The molecule has 0 bridgehead atoms. The van der Waals surface area contributed by atoms with E-state index in [9.17, 15) is 26.3 Å². The standard InChI is InChI=1S/C6H5ClF6O2/c1-2-14-3(5(8,9)10)4(7,15-2)6(11,12)13/h2-3H,1H3. The van der Waals surface area contributed by atoms with E-state index in [1.165, 1.54) is 0 Å². The molecule has 3 atom stereocenters. The molecule has 3 unspecified atom stereocenters. The van der Waals surface area contributed by atoms with Gasteiger partial charge < -0.3 is 9.47 Å². The van der Waals surface area contributed by atoms with Crippen LogP contribution in [0.5, 0.6) is 0 Å². The van der Waals surface area contributed by atoms with Crippen molar-refractivity contribution in [2.75, 3.05) is 0 Å². The minimum absolute atomic E-state index is 0.897. The smallest absolute Gasteiger partial charge is 0.335 e. The van der Waals surface area contributed by atoms with Crippen molar-refractivity contribution in [2.45, 2.75) is 36.7 Å². The monoisotopic (exact) mass is 258 g/mol. The van der Waals surface area contributed by atoms with Crippen LogP contribution < -0.4 is 0 Å². The van der Waals surface area contributed by atoms with Crippen LogP contribution in [0.3, 0.4) is 0 Å². The van der Waals surface area contributed by atoms with Gasteiger partial charge in [-0.1, -0.05) is 11.6 Å². The number of hydrogen-bond donors (Lipinski definition) is 0. The zero-order valence-electron chi connectivity index (χ0n) is 7.12. The lowest BCUT2D eigenvalue weighted by molar-refractivity contribution is -0.276. The number of halogens is 7. The second-order valence-corrected chi connectivity index (χ2v) is 3.45. The van der Waals surface area contributed by atoms with Gasteiger partial charge >= 0.3 is 12.4 Å². The lowest BCUT2D eigenvalue weighted by Crippen LogP contribution is -2.54. The van der Waals surface area contributed by atoms with Crippen LogP contribution in [0.1, 0.15) is 6.92 Å². The largest absolute Gasteiger partial charge is 0.434 e. The van der Waals surface area contributed by atoms with E-state index < -0.39 is 29.8 Å². The van der Waals surface area contributed by atoms with Crippen molar-refractivity contribution in [3.8, 4) is 0 Å². The van der Waals surface area contributed by atoms with Crippen molar-refractivity contribution in [1.29, 1.82) is 0 Å². The molecule has 0 spiro atoms. The second kappa shape index (κ2) is 3.39. The first kappa shape index (κ1) is 12.9. The number of rotatable bonds is 0. The summed E-state index contributed by atoms with van der Waals surface area (Å²) >= 11 is 4.80. The van der Waals surface area contributed by atoms with E-state index in [-0.39, 0.29) is 0 Å². The van der Waals surface area contributed by atoms with Crippen molar-refractivity contribution in [3.05, 3.63) is 0 Å². The van der Waals surface area contributed by atoms with Crippen molar-refractivity contribution in [2.24, 2.45) is 0 Å². The first-order valence-corrected chi connectivity index (χ1v) is 4.02. The number of hydrogen-bond acceptors (Lipinski definition) is 2. The Morgan fingerprint density at radius 3 is 1.87 bits per heavy atom.